The van der Waals surface area contributed by atoms with Gasteiger partial charge >= 0.3 is 0 Å². The van der Waals surface area contributed by atoms with E-state index in [1.54, 1.807) is 12.1 Å². The molecule has 0 spiro atoms. The molecule has 1 aromatic carbocycles. The van der Waals surface area contributed by atoms with E-state index in [4.69, 9.17) is 0 Å². The Bertz CT molecular complexity index is 665. The molecular formula is C20H28FN3O2. The molecule has 2 amide bonds. The highest BCUT2D eigenvalue weighted by Gasteiger charge is 2.43. The number of amides is 2. The Morgan fingerprint density at radius 3 is 2.54 bits per heavy atom. The summed E-state index contributed by atoms with van der Waals surface area (Å²) in [7, 11) is 0. The van der Waals surface area contributed by atoms with Crippen LogP contribution < -0.4 is 10.6 Å². The zero-order valence-corrected chi connectivity index (χ0v) is 15.6. The first-order valence-corrected chi connectivity index (χ1v) is 9.50. The third-order valence-electron chi connectivity index (χ3n) is 5.19. The van der Waals surface area contributed by atoms with Crippen LogP contribution in [0.4, 0.5) is 10.1 Å². The molecule has 0 bridgehead atoms. The van der Waals surface area contributed by atoms with E-state index in [1.807, 2.05) is 18.7 Å². The number of piperidine rings is 1. The van der Waals surface area contributed by atoms with Gasteiger partial charge in [-0.1, -0.05) is 6.07 Å². The molecule has 2 aliphatic rings. The lowest BCUT2D eigenvalue weighted by atomic mass is 9.85. The number of rotatable bonds is 6. The minimum absolute atomic E-state index is 0.0169. The third-order valence-corrected chi connectivity index (χ3v) is 5.19. The van der Waals surface area contributed by atoms with Crippen molar-refractivity contribution in [3.8, 4) is 0 Å². The van der Waals surface area contributed by atoms with Crippen LogP contribution in [-0.4, -0.2) is 41.4 Å². The van der Waals surface area contributed by atoms with E-state index in [2.05, 4.69) is 10.6 Å². The number of halogens is 1. The number of nitrogens with zero attached hydrogens (tertiary/aromatic N) is 1. The molecule has 0 unspecified atom stereocenters. The van der Waals surface area contributed by atoms with Gasteiger partial charge in [0.05, 0.1) is 0 Å². The van der Waals surface area contributed by atoms with Gasteiger partial charge in [-0.05, 0) is 63.6 Å². The fourth-order valence-electron chi connectivity index (χ4n) is 3.49. The SMILES string of the molecule is CC(C)NC(=O)C1(Nc2cccc(F)c2)CCN(C(=O)CC2CC2)CC1. The van der Waals surface area contributed by atoms with E-state index in [0.717, 1.165) is 12.8 Å². The van der Waals surface area contributed by atoms with Crippen LogP contribution in [-0.2, 0) is 9.59 Å². The van der Waals surface area contributed by atoms with E-state index in [1.165, 1.54) is 12.1 Å². The van der Waals surface area contributed by atoms with Gasteiger partial charge in [0.2, 0.25) is 11.8 Å². The van der Waals surface area contributed by atoms with Crippen LogP contribution >= 0.6 is 0 Å². The van der Waals surface area contributed by atoms with E-state index in [9.17, 15) is 14.0 Å². The summed E-state index contributed by atoms with van der Waals surface area (Å²) in [5.41, 5.74) is -0.240. The molecule has 1 heterocycles. The minimum Gasteiger partial charge on any atom is -0.371 e. The molecular weight excluding hydrogens is 333 g/mol. The number of carbonyl (C=O) groups is 2. The number of benzene rings is 1. The van der Waals surface area contributed by atoms with Crippen LogP contribution in [0.5, 0.6) is 0 Å². The lowest BCUT2D eigenvalue weighted by molar-refractivity contribution is -0.136. The zero-order valence-electron chi connectivity index (χ0n) is 15.6. The molecule has 3 rings (SSSR count). The second-order valence-corrected chi connectivity index (χ2v) is 7.87. The summed E-state index contributed by atoms with van der Waals surface area (Å²) in [5, 5.41) is 6.24. The van der Waals surface area contributed by atoms with Crippen LogP contribution in [0.15, 0.2) is 24.3 Å². The van der Waals surface area contributed by atoms with Gasteiger partial charge in [0.1, 0.15) is 11.4 Å². The van der Waals surface area contributed by atoms with Gasteiger partial charge in [-0.3, -0.25) is 9.59 Å². The molecule has 1 saturated carbocycles. The lowest BCUT2D eigenvalue weighted by Gasteiger charge is -2.42. The van der Waals surface area contributed by atoms with Crippen molar-refractivity contribution < 1.29 is 14.0 Å². The van der Waals surface area contributed by atoms with Gasteiger partial charge in [-0.15, -0.1) is 0 Å². The summed E-state index contributed by atoms with van der Waals surface area (Å²) < 4.78 is 13.6. The molecule has 142 valence electrons. The molecule has 1 aliphatic carbocycles. The molecule has 2 fully saturated rings. The van der Waals surface area contributed by atoms with Crippen LogP contribution in [0, 0.1) is 11.7 Å². The van der Waals surface area contributed by atoms with E-state index in [0.29, 0.717) is 44.0 Å². The number of anilines is 1. The van der Waals surface area contributed by atoms with Crippen molar-refractivity contribution in [2.75, 3.05) is 18.4 Å². The third kappa shape index (κ3) is 4.54. The highest BCUT2D eigenvalue weighted by molar-refractivity contribution is 5.90. The maximum Gasteiger partial charge on any atom is 0.246 e. The van der Waals surface area contributed by atoms with Crippen molar-refractivity contribution in [2.24, 2.45) is 5.92 Å². The van der Waals surface area contributed by atoms with Gasteiger partial charge in [0.25, 0.3) is 0 Å². The number of nitrogens with one attached hydrogen (secondary N) is 2. The summed E-state index contributed by atoms with van der Waals surface area (Å²) >= 11 is 0. The van der Waals surface area contributed by atoms with Crippen molar-refractivity contribution in [3.63, 3.8) is 0 Å². The van der Waals surface area contributed by atoms with Gasteiger partial charge in [-0.25, -0.2) is 4.39 Å². The second-order valence-electron chi connectivity index (χ2n) is 7.87. The van der Waals surface area contributed by atoms with Crippen molar-refractivity contribution in [1.29, 1.82) is 0 Å². The standard InChI is InChI=1S/C20H28FN3O2/c1-14(2)22-19(26)20(23-17-5-3-4-16(21)13-17)8-10-24(11-9-20)18(25)12-15-6-7-15/h3-5,13-15,23H,6-12H2,1-2H3,(H,22,26). The number of carbonyl (C=O) groups excluding carboxylic acids is 2. The van der Waals surface area contributed by atoms with E-state index < -0.39 is 5.54 Å². The Balaban J connectivity index is 1.72. The average Bonchev–Trinajstić information content (AvgIpc) is 3.38. The molecule has 1 aromatic rings. The monoisotopic (exact) mass is 361 g/mol. The van der Waals surface area contributed by atoms with Crippen LogP contribution in [0.2, 0.25) is 0 Å². The molecule has 0 aromatic heterocycles. The van der Waals surface area contributed by atoms with Crippen molar-refractivity contribution in [1.82, 2.24) is 10.2 Å². The summed E-state index contributed by atoms with van der Waals surface area (Å²) in [4.78, 5) is 27.1. The number of likely N-dealkylation sites (tertiary alicyclic amines) is 1. The largest absolute Gasteiger partial charge is 0.371 e. The predicted octanol–water partition coefficient (Wildman–Crippen LogP) is 2.92. The number of hydrogen-bond acceptors (Lipinski definition) is 3. The minimum atomic E-state index is -0.825. The Labute approximate surface area is 154 Å². The zero-order chi connectivity index (χ0) is 18.7. The normalized spacial score (nSPS) is 19.3. The fraction of sp³-hybridized carbons (Fsp3) is 0.600. The molecule has 1 aliphatic heterocycles. The van der Waals surface area contributed by atoms with Crippen molar-refractivity contribution >= 4 is 17.5 Å². The first-order valence-electron chi connectivity index (χ1n) is 9.50. The highest BCUT2D eigenvalue weighted by Crippen LogP contribution is 2.34. The van der Waals surface area contributed by atoms with Crippen LogP contribution in [0.1, 0.15) is 46.0 Å². The van der Waals surface area contributed by atoms with E-state index in [-0.39, 0.29) is 23.7 Å². The molecule has 0 radical (unpaired) electrons. The van der Waals surface area contributed by atoms with Gasteiger partial charge in [0.15, 0.2) is 0 Å². The molecule has 0 atom stereocenters. The molecule has 1 saturated heterocycles. The molecule has 26 heavy (non-hydrogen) atoms. The Hall–Kier alpha value is -2.11. The summed E-state index contributed by atoms with van der Waals surface area (Å²) in [6.07, 6.45) is 3.96. The molecule has 6 heteroatoms. The average molecular weight is 361 g/mol. The van der Waals surface area contributed by atoms with Crippen LogP contribution in [0.3, 0.4) is 0 Å². The van der Waals surface area contributed by atoms with Gasteiger partial charge in [0, 0.05) is 31.2 Å². The Kier molecular flexibility index (Phi) is 5.49. The maximum atomic E-state index is 13.6. The summed E-state index contributed by atoms with van der Waals surface area (Å²) in [5.74, 6) is 0.317. The second kappa shape index (κ2) is 7.64. The maximum absolute atomic E-state index is 13.6. The van der Waals surface area contributed by atoms with E-state index >= 15 is 0 Å². The summed E-state index contributed by atoms with van der Waals surface area (Å²) in [6, 6.07) is 6.18. The van der Waals surface area contributed by atoms with Crippen molar-refractivity contribution in [2.45, 2.75) is 57.5 Å². The first-order chi connectivity index (χ1) is 12.4. The Morgan fingerprint density at radius 1 is 1.27 bits per heavy atom. The number of hydrogen-bond donors (Lipinski definition) is 2. The quantitative estimate of drug-likeness (QED) is 0.819. The molecule has 2 N–H and O–H groups in total. The fourth-order valence-corrected chi connectivity index (χ4v) is 3.49. The van der Waals surface area contributed by atoms with Gasteiger partial charge in [-0.2, -0.15) is 0 Å². The lowest BCUT2D eigenvalue weighted by Crippen LogP contribution is -2.60. The highest BCUT2D eigenvalue weighted by atomic mass is 19.1. The van der Waals surface area contributed by atoms with Crippen LogP contribution in [0.25, 0.3) is 0 Å². The predicted molar refractivity (Wildman–Crippen MR) is 99.2 cm³/mol. The molecule has 5 nitrogen and oxygen atoms in total. The Morgan fingerprint density at radius 2 is 1.96 bits per heavy atom. The topological polar surface area (TPSA) is 61.4 Å². The summed E-state index contributed by atoms with van der Waals surface area (Å²) in [6.45, 7) is 4.92. The smallest absolute Gasteiger partial charge is 0.246 e. The van der Waals surface area contributed by atoms with Crippen molar-refractivity contribution in [3.05, 3.63) is 30.1 Å². The first kappa shape index (κ1) is 18.7. The van der Waals surface area contributed by atoms with Gasteiger partial charge < -0.3 is 15.5 Å².